The zero-order valence-corrected chi connectivity index (χ0v) is 10.7. The molecule has 6 heteroatoms. The maximum absolute atomic E-state index is 11.8. The van der Waals surface area contributed by atoms with E-state index in [9.17, 15) is 19.2 Å². The molecule has 6 nitrogen and oxygen atoms in total. The van der Waals surface area contributed by atoms with E-state index in [2.05, 4.69) is 10.6 Å². The van der Waals surface area contributed by atoms with Crippen LogP contribution in [0, 0.1) is 0 Å². The predicted octanol–water partition coefficient (Wildman–Crippen LogP) is 0.181. The molecule has 0 saturated carbocycles. The topological polar surface area (TPSA) is 92.3 Å². The number of imide groups is 1. The van der Waals surface area contributed by atoms with E-state index in [1.807, 2.05) is 0 Å². The number of rotatable bonds is 4. The third-order valence-electron chi connectivity index (χ3n) is 2.99. The fourth-order valence-corrected chi connectivity index (χ4v) is 1.95. The number of Topliss-reactive ketones (excluding diaryl/α,β-unsaturated/α-hetero) is 1. The van der Waals surface area contributed by atoms with Gasteiger partial charge in [0, 0.05) is 12.0 Å². The molecule has 1 atom stereocenters. The van der Waals surface area contributed by atoms with E-state index in [1.165, 1.54) is 0 Å². The second-order valence-corrected chi connectivity index (χ2v) is 4.54. The van der Waals surface area contributed by atoms with Crippen LogP contribution in [-0.2, 0) is 14.4 Å². The second-order valence-electron chi connectivity index (χ2n) is 4.54. The number of piperidine rings is 1. The Morgan fingerprint density at radius 1 is 1.20 bits per heavy atom. The van der Waals surface area contributed by atoms with Crippen LogP contribution in [0.1, 0.15) is 29.6 Å². The molecule has 104 valence electrons. The van der Waals surface area contributed by atoms with Crippen molar-refractivity contribution in [3.8, 4) is 0 Å². The van der Waals surface area contributed by atoms with Gasteiger partial charge in [-0.2, -0.15) is 0 Å². The molecule has 2 rings (SSSR count). The van der Waals surface area contributed by atoms with Crippen LogP contribution in [-0.4, -0.2) is 29.5 Å². The van der Waals surface area contributed by atoms with E-state index < -0.39 is 17.9 Å². The van der Waals surface area contributed by atoms with E-state index in [0.717, 1.165) is 0 Å². The summed E-state index contributed by atoms with van der Waals surface area (Å²) in [7, 11) is 0. The summed E-state index contributed by atoms with van der Waals surface area (Å²) in [5.74, 6) is -1.70. The Balaban J connectivity index is 1.88. The Labute approximate surface area is 115 Å². The molecule has 1 aromatic carbocycles. The Morgan fingerprint density at radius 3 is 2.55 bits per heavy atom. The summed E-state index contributed by atoms with van der Waals surface area (Å²) in [6.45, 7) is 0. The van der Waals surface area contributed by atoms with Crippen molar-refractivity contribution in [2.45, 2.75) is 25.3 Å². The minimum absolute atomic E-state index is 0.184. The summed E-state index contributed by atoms with van der Waals surface area (Å²) < 4.78 is 0. The number of hydrogen-bond acceptors (Lipinski definition) is 4. The standard InChI is InChI=1S/C14H14N2O4/c17-11(9-4-2-1-3-5-9)8-13(19)15-10-6-7-12(18)16-14(10)20/h1-5,10H,6-8H2,(H,15,19)(H,16,18,20). The lowest BCUT2D eigenvalue weighted by Gasteiger charge is -2.21. The van der Waals surface area contributed by atoms with Gasteiger partial charge in [0.05, 0.1) is 6.42 Å². The van der Waals surface area contributed by atoms with Crippen LogP contribution >= 0.6 is 0 Å². The molecule has 1 aromatic rings. The fraction of sp³-hybridized carbons (Fsp3) is 0.286. The van der Waals surface area contributed by atoms with Crippen molar-refractivity contribution < 1.29 is 19.2 Å². The highest BCUT2D eigenvalue weighted by Crippen LogP contribution is 2.06. The van der Waals surface area contributed by atoms with Crippen LogP contribution in [0.15, 0.2) is 30.3 Å². The average molecular weight is 274 g/mol. The highest BCUT2D eigenvalue weighted by atomic mass is 16.2. The lowest BCUT2D eigenvalue weighted by Crippen LogP contribution is -2.52. The Morgan fingerprint density at radius 2 is 1.90 bits per heavy atom. The molecule has 3 amide bonds. The van der Waals surface area contributed by atoms with E-state index in [1.54, 1.807) is 30.3 Å². The van der Waals surface area contributed by atoms with Crippen LogP contribution < -0.4 is 10.6 Å². The van der Waals surface area contributed by atoms with E-state index in [0.29, 0.717) is 5.56 Å². The number of ketones is 1. The minimum atomic E-state index is -0.747. The smallest absolute Gasteiger partial charge is 0.249 e. The molecule has 1 heterocycles. The summed E-state index contributed by atoms with van der Waals surface area (Å²) in [5.41, 5.74) is 0.450. The Hall–Kier alpha value is -2.50. The zero-order valence-electron chi connectivity index (χ0n) is 10.7. The van der Waals surface area contributed by atoms with Crippen molar-refractivity contribution in [2.24, 2.45) is 0 Å². The van der Waals surface area contributed by atoms with Crippen LogP contribution in [0.4, 0.5) is 0 Å². The van der Waals surface area contributed by atoms with Crippen LogP contribution in [0.3, 0.4) is 0 Å². The molecule has 1 aliphatic heterocycles. The van der Waals surface area contributed by atoms with Gasteiger partial charge in [0.1, 0.15) is 6.04 Å². The van der Waals surface area contributed by atoms with Gasteiger partial charge in [0.15, 0.2) is 5.78 Å². The molecule has 1 unspecified atom stereocenters. The molecular formula is C14H14N2O4. The maximum Gasteiger partial charge on any atom is 0.249 e. The van der Waals surface area contributed by atoms with Gasteiger partial charge in [0.2, 0.25) is 17.7 Å². The predicted molar refractivity (Wildman–Crippen MR) is 69.7 cm³/mol. The zero-order chi connectivity index (χ0) is 14.5. The van der Waals surface area contributed by atoms with Gasteiger partial charge in [-0.05, 0) is 6.42 Å². The van der Waals surface area contributed by atoms with Gasteiger partial charge in [-0.25, -0.2) is 0 Å². The van der Waals surface area contributed by atoms with Gasteiger partial charge in [-0.1, -0.05) is 30.3 Å². The molecule has 20 heavy (non-hydrogen) atoms. The van der Waals surface area contributed by atoms with Gasteiger partial charge in [0.25, 0.3) is 0 Å². The molecule has 0 spiro atoms. The molecule has 1 fully saturated rings. The second kappa shape index (κ2) is 6.10. The van der Waals surface area contributed by atoms with Crippen molar-refractivity contribution in [2.75, 3.05) is 0 Å². The van der Waals surface area contributed by atoms with Crippen molar-refractivity contribution in [3.63, 3.8) is 0 Å². The van der Waals surface area contributed by atoms with Gasteiger partial charge >= 0.3 is 0 Å². The van der Waals surface area contributed by atoms with E-state index in [4.69, 9.17) is 0 Å². The highest BCUT2D eigenvalue weighted by Gasteiger charge is 2.28. The molecule has 0 bridgehead atoms. The van der Waals surface area contributed by atoms with Crippen LogP contribution in [0.2, 0.25) is 0 Å². The van der Waals surface area contributed by atoms with Crippen LogP contribution in [0.25, 0.3) is 0 Å². The molecule has 0 aromatic heterocycles. The number of benzene rings is 1. The Kier molecular flexibility index (Phi) is 4.24. The Bertz CT molecular complexity index is 554. The molecular weight excluding hydrogens is 260 g/mol. The van der Waals surface area contributed by atoms with Crippen molar-refractivity contribution in [3.05, 3.63) is 35.9 Å². The quantitative estimate of drug-likeness (QED) is 0.465. The highest BCUT2D eigenvalue weighted by molar-refractivity contribution is 6.08. The number of hydrogen-bond donors (Lipinski definition) is 2. The summed E-state index contributed by atoms with van der Waals surface area (Å²) in [6.07, 6.45) is 0.126. The number of amides is 3. The van der Waals surface area contributed by atoms with Crippen LogP contribution in [0.5, 0.6) is 0 Å². The number of nitrogens with one attached hydrogen (secondary N) is 2. The maximum atomic E-state index is 11.8. The largest absolute Gasteiger partial charge is 0.344 e. The monoisotopic (exact) mass is 274 g/mol. The third kappa shape index (κ3) is 3.50. The van der Waals surface area contributed by atoms with Gasteiger partial charge < -0.3 is 5.32 Å². The van der Waals surface area contributed by atoms with Gasteiger partial charge in [-0.15, -0.1) is 0 Å². The van der Waals surface area contributed by atoms with Crippen molar-refractivity contribution in [1.82, 2.24) is 10.6 Å². The van der Waals surface area contributed by atoms with Gasteiger partial charge in [-0.3, -0.25) is 24.5 Å². The summed E-state index contributed by atoms with van der Waals surface area (Å²) in [4.78, 5) is 46.0. The first-order chi connectivity index (χ1) is 9.56. The molecule has 2 N–H and O–H groups in total. The van der Waals surface area contributed by atoms with E-state index >= 15 is 0 Å². The lowest BCUT2D eigenvalue weighted by atomic mass is 10.0. The third-order valence-corrected chi connectivity index (χ3v) is 2.99. The molecule has 0 radical (unpaired) electrons. The average Bonchev–Trinajstić information content (AvgIpc) is 2.43. The lowest BCUT2D eigenvalue weighted by molar-refractivity contribution is -0.137. The first-order valence-electron chi connectivity index (χ1n) is 6.27. The molecule has 1 saturated heterocycles. The number of carbonyl (C=O) groups is 4. The first kappa shape index (κ1) is 13.9. The summed E-state index contributed by atoms with van der Waals surface area (Å²) in [6, 6.07) is 7.71. The molecule has 1 aliphatic rings. The number of carbonyl (C=O) groups excluding carboxylic acids is 4. The summed E-state index contributed by atoms with van der Waals surface area (Å²) in [5, 5.41) is 4.61. The van der Waals surface area contributed by atoms with E-state index in [-0.39, 0.29) is 31.0 Å². The molecule has 0 aliphatic carbocycles. The van der Waals surface area contributed by atoms with Crippen molar-refractivity contribution in [1.29, 1.82) is 0 Å². The summed E-state index contributed by atoms with van der Waals surface area (Å²) >= 11 is 0. The first-order valence-corrected chi connectivity index (χ1v) is 6.27. The normalized spacial score (nSPS) is 18.3. The minimum Gasteiger partial charge on any atom is -0.344 e. The SMILES string of the molecule is O=C1CCC(NC(=O)CC(=O)c2ccccc2)C(=O)N1. The van der Waals surface area contributed by atoms with Crippen molar-refractivity contribution >= 4 is 23.5 Å². The fourth-order valence-electron chi connectivity index (χ4n) is 1.95.